The maximum atomic E-state index is 14.4. The maximum Gasteiger partial charge on any atom is 0.408 e. The number of benzene rings is 3. The summed E-state index contributed by atoms with van der Waals surface area (Å²) in [6, 6.07) is 18.0. The van der Waals surface area contributed by atoms with Crippen LogP contribution in [0.3, 0.4) is 0 Å². The molecule has 0 bridgehead atoms. The summed E-state index contributed by atoms with van der Waals surface area (Å²) in [6.07, 6.45) is 1.63. The van der Waals surface area contributed by atoms with Gasteiger partial charge in [0.15, 0.2) is 0 Å². The molecule has 3 aromatic rings. The molecule has 2 N–H and O–H groups in total. The van der Waals surface area contributed by atoms with Gasteiger partial charge in [0.25, 0.3) is 5.91 Å². The first-order chi connectivity index (χ1) is 19.4. The van der Waals surface area contributed by atoms with E-state index in [1.54, 1.807) is 25.7 Å². The number of carbonyl (C=O) groups excluding carboxylic acids is 3. The molecule has 41 heavy (non-hydrogen) atoms. The van der Waals surface area contributed by atoms with Crippen molar-refractivity contribution in [2.24, 2.45) is 5.92 Å². The Morgan fingerprint density at radius 2 is 1.66 bits per heavy atom. The fourth-order valence-electron chi connectivity index (χ4n) is 5.10. The Bertz CT molecular complexity index is 1420. The lowest BCUT2D eigenvalue weighted by Crippen LogP contribution is -2.55. The SMILES string of the molecule is CCC(C)C(NC(=O)OC(C)(C)C)C(=O)N(C1CC1)C(C(=O)Nc1ccc2ccccc2c1)c1cc(C)ccc1C. The van der Waals surface area contributed by atoms with E-state index in [0.717, 1.165) is 40.3 Å². The maximum absolute atomic E-state index is 14.4. The quantitative estimate of drug-likeness (QED) is 0.295. The smallest absolute Gasteiger partial charge is 0.408 e. The van der Waals surface area contributed by atoms with Gasteiger partial charge in [-0.2, -0.15) is 0 Å². The van der Waals surface area contributed by atoms with Gasteiger partial charge in [-0.15, -0.1) is 0 Å². The van der Waals surface area contributed by atoms with Crippen LogP contribution in [0.15, 0.2) is 60.7 Å². The Morgan fingerprint density at radius 1 is 0.976 bits per heavy atom. The summed E-state index contributed by atoms with van der Waals surface area (Å²) in [6.45, 7) is 13.2. The molecule has 0 spiro atoms. The summed E-state index contributed by atoms with van der Waals surface area (Å²) in [7, 11) is 0. The summed E-state index contributed by atoms with van der Waals surface area (Å²) in [5.41, 5.74) is 2.67. The van der Waals surface area contributed by atoms with Gasteiger partial charge in [0.1, 0.15) is 17.7 Å². The second-order valence-electron chi connectivity index (χ2n) is 12.3. The second kappa shape index (κ2) is 12.3. The number of nitrogens with one attached hydrogen (secondary N) is 2. The van der Waals surface area contributed by atoms with Crippen LogP contribution in [0, 0.1) is 19.8 Å². The van der Waals surface area contributed by atoms with Crippen LogP contribution in [0.5, 0.6) is 0 Å². The highest BCUT2D eigenvalue weighted by Gasteiger charge is 2.45. The second-order valence-corrected chi connectivity index (χ2v) is 12.3. The molecule has 7 nitrogen and oxygen atoms in total. The third-order valence-electron chi connectivity index (χ3n) is 7.62. The van der Waals surface area contributed by atoms with Crippen molar-refractivity contribution in [3.8, 4) is 0 Å². The normalized spacial score (nSPS) is 15.5. The lowest BCUT2D eigenvalue weighted by Gasteiger charge is -2.37. The van der Waals surface area contributed by atoms with Gasteiger partial charge >= 0.3 is 6.09 Å². The molecule has 0 aromatic heterocycles. The Hall–Kier alpha value is -3.87. The molecule has 1 fully saturated rings. The minimum Gasteiger partial charge on any atom is -0.444 e. The fourth-order valence-corrected chi connectivity index (χ4v) is 5.10. The first-order valence-corrected chi connectivity index (χ1v) is 14.6. The van der Waals surface area contributed by atoms with Crippen LogP contribution in [-0.2, 0) is 14.3 Å². The molecule has 3 unspecified atom stereocenters. The van der Waals surface area contributed by atoms with Crippen molar-refractivity contribution in [3.63, 3.8) is 0 Å². The molecule has 7 heteroatoms. The molecule has 0 radical (unpaired) electrons. The number of hydrogen-bond donors (Lipinski definition) is 2. The molecule has 3 atom stereocenters. The molecule has 1 aliphatic carbocycles. The average molecular weight is 558 g/mol. The van der Waals surface area contributed by atoms with E-state index in [1.165, 1.54) is 0 Å². The van der Waals surface area contributed by atoms with E-state index in [4.69, 9.17) is 4.74 Å². The molecule has 3 aromatic carbocycles. The van der Waals surface area contributed by atoms with E-state index in [-0.39, 0.29) is 23.8 Å². The average Bonchev–Trinajstić information content (AvgIpc) is 3.75. The van der Waals surface area contributed by atoms with Gasteiger partial charge < -0.3 is 20.3 Å². The van der Waals surface area contributed by atoms with E-state index < -0.39 is 23.8 Å². The lowest BCUT2D eigenvalue weighted by molar-refractivity contribution is -0.142. The van der Waals surface area contributed by atoms with Gasteiger partial charge in [0, 0.05) is 11.7 Å². The standard InChI is InChI=1S/C34H43N3O4/c1-8-22(3)29(36-33(40)41-34(5,6)7)32(39)37(27-17-18-27)30(28-19-21(2)13-14-23(28)4)31(38)35-26-16-15-24-11-9-10-12-25(24)20-26/h9-16,19-20,22,27,29-30H,8,17-18H2,1-7H3,(H,35,38)(H,36,40). The van der Waals surface area contributed by atoms with Gasteiger partial charge in [0.05, 0.1) is 0 Å². The van der Waals surface area contributed by atoms with E-state index >= 15 is 0 Å². The molecule has 0 saturated heterocycles. The van der Waals surface area contributed by atoms with Gasteiger partial charge in [-0.25, -0.2) is 4.79 Å². The zero-order valence-corrected chi connectivity index (χ0v) is 25.3. The third kappa shape index (κ3) is 7.46. The van der Waals surface area contributed by atoms with Gasteiger partial charge in [-0.3, -0.25) is 9.59 Å². The zero-order valence-electron chi connectivity index (χ0n) is 25.3. The van der Waals surface area contributed by atoms with Gasteiger partial charge in [-0.05, 0) is 87.4 Å². The van der Waals surface area contributed by atoms with Crippen molar-refractivity contribution in [1.82, 2.24) is 10.2 Å². The number of anilines is 1. The van der Waals surface area contributed by atoms with E-state index in [1.807, 2.05) is 88.4 Å². The van der Waals surface area contributed by atoms with Gasteiger partial charge in [0.2, 0.25) is 5.91 Å². The molecule has 1 saturated carbocycles. The molecule has 4 rings (SSSR count). The van der Waals surface area contributed by atoms with Crippen LogP contribution in [-0.4, -0.2) is 40.5 Å². The Morgan fingerprint density at radius 3 is 2.29 bits per heavy atom. The van der Waals surface area contributed by atoms with Crippen molar-refractivity contribution < 1.29 is 19.1 Å². The number of ether oxygens (including phenoxy) is 1. The Labute approximate surface area is 243 Å². The summed E-state index contributed by atoms with van der Waals surface area (Å²) in [5, 5.41) is 8.05. The summed E-state index contributed by atoms with van der Waals surface area (Å²) >= 11 is 0. The topological polar surface area (TPSA) is 87.7 Å². The largest absolute Gasteiger partial charge is 0.444 e. The van der Waals surface area contributed by atoms with Crippen molar-refractivity contribution >= 4 is 34.4 Å². The highest BCUT2D eigenvalue weighted by molar-refractivity contribution is 6.01. The number of carbonyl (C=O) groups is 3. The number of alkyl carbamates (subject to hydrolysis) is 1. The van der Waals surface area contributed by atoms with Crippen LogP contribution < -0.4 is 10.6 Å². The van der Waals surface area contributed by atoms with Crippen LogP contribution in [0.2, 0.25) is 0 Å². The van der Waals surface area contributed by atoms with Crippen molar-refractivity contribution in [2.45, 2.75) is 91.5 Å². The molecule has 0 heterocycles. The van der Waals surface area contributed by atoms with E-state index in [9.17, 15) is 14.4 Å². The van der Waals surface area contributed by atoms with E-state index in [2.05, 4.69) is 10.6 Å². The first kappa shape index (κ1) is 30.1. The first-order valence-electron chi connectivity index (χ1n) is 14.6. The minimum atomic E-state index is -0.867. The molecular weight excluding hydrogens is 514 g/mol. The molecule has 1 aliphatic rings. The molecule has 3 amide bonds. The highest BCUT2D eigenvalue weighted by atomic mass is 16.6. The number of rotatable bonds is 9. The zero-order chi connectivity index (χ0) is 29.9. The predicted octanol–water partition coefficient (Wildman–Crippen LogP) is 7.07. The molecule has 0 aliphatic heterocycles. The van der Waals surface area contributed by atoms with Crippen LogP contribution in [0.25, 0.3) is 10.8 Å². The number of hydrogen-bond acceptors (Lipinski definition) is 4. The monoisotopic (exact) mass is 557 g/mol. The Balaban J connectivity index is 1.74. The number of aryl methyl sites for hydroxylation is 2. The fraction of sp³-hybridized carbons (Fsp3) is 0.441. The van der Waals surface area contributed by atoms with Crippen molar-refractivity contribution in [3.05, 3.63) is 77.4 Å². The van der Waals surface area contributed by atoms with Crippen LogP contribution in [0.4, 0.5) is 10.5 Å². The van der Waals surface area contributed by atoms with Crippen LogP contribution >= 0.6 is 0 Å². The third-order valence-corrected chi connectivity index (χ3v) is 7.62. The van der Waals surface area contributed by atoms with E-state index in [0.29, 0.717) is 12.1 Å². The number of fused-ring (bicyclic) bond motifs is 1. The molecule has 218 valence electrons. The Kier molecular flexibility index (Phi) is 9.05. The minimum absolute atomic E-state index is 0.0956. The highest BCUT2D eigenvalue weighted by Crippen LogP contribution is 2.38. The summed E-state index contributed by atoms with van der Waals surface area (Å²) in [4.78, 5) is 43.2. The molecular formula is C34H43N3O4. The summed E-state index contributed by atoms with van der Waals surface area (Å²) in [5.74, 6) is -0.722. The summed E-state index contributed by atoms with van der Waals surface area (Å²) < 4.78 is 5.51. The number of nitrogens with zero attached hydrogens (tertiary/aromatic N) is 1. The van der Waals surface area contributed by atoms with Gasteiger partial charge in [-0.1, -0.05) is 74.4 Å². The predicted molar refractivity (Wildman–Crippen MR) is 164 cm³/mol. The number of amides is 3. The van der Waals surface area contributed by atoms with Crippen molar-refractivity contribution in [2.75, 3.05) is 5.32 Å². The van der Waals surface area contributed by atoms with Crippen molar-refractivity contribution in [1.29, 1.82) is 0 Å². The lowest BCUT2D eigenvalue weighted by atomic mass is 9.93. The van der Waals surface area contributed by atoms with Crippen LogP contribution in [0.1, 0.15) is 76.6 Å².